The third kappa shape index (κ3) is 2.88. The van der Waals surface area contributed by atoms with Crippen LogP contribution in [0.2, 0.25) is 5.02 Å². The zero-order chi connectivity index (χ0) is 13.8. The van der Waals surface area contributed by atoms with Crippen LogP contribution in [0.3, 0.4) is 0 Å². The van der Waals surface area contributed by atoms with Crippen molar-refractivity contribution >= 4 is 17.9 Å². The molecule has 0 amide bonds. The van der Waals surface area contributed by atoms with Gasteiger partial charge in [-0.2, -0.15) is 0 Å². The van der Waals surface area contributed by atoms with Crippen LogP contribution >= 0.6 is 11.6 Å². The van der Waals surface area contributed by atoms with Crippen molar-refractivity contribution < 1.29 is 14.3 Å². The zero-order valence-corrected chi connectivity index (χ0v) is 11.4. The number of aldehydes is 1. The summed E-state index contributed by atoms with van der Waals surface area (Å²) in [5.41, 5.74) is 2.24. The number of rotatable bonds is 4. The quantitative estimate of drug-likeness (QED) is 0.796. The minimum absolute atomic E-state index is 0.439. The van der Waals surface area contributed by atoms with Crippen molar-refractivity contribution in [2.24, 2.45) is 0 Å². The van der Waals surface area contributed by atoms with E-state index in [9.17, 15) is 4.79 Å². The summed E-state index contributed by atoms with van der Waals surface area (Å²) in [6.07, 6.45) is 0.739. The smallest absolute Gasteiger partial charge is 0.151 e. The minimum atomic E-state index is 0.439. The fourth-order valence-electron chi connectivity index (χ4n) is 1.79. The molecule has 3 nitrogen and oxygen atoms in total. The van der Waals surface area contributed by atoms with Crippen LogP contribution in [0.5, 0.6) is 11.5 Å². The van der Waals surface area contributed by atoms with Crippen LogP contribution in [0.15, 0.2) is 36.4 Å². The summed E-state index contributed by atoms with van der Waals surface area (Å²) >= 11 is 5.92. The van der Waals surface area contributed by atoms with Crippen molar-refractivity contribution in [3.05, 3.63) is 47.0 Å². The van der Waals surface area contributed by atoms with Crippen molar-refractivity contribution in [1.29, 1.82) is 0 Å². The van der Waals surface area contributed by atoms with Crippen LogP contribution in [0.25, 0.3) is 11.1 Å². The second-order valence-electron chi connectivity index (χ2n) is 3.96. The van der Waals surface area contributed by atoms with Gasteiger partial charge in [0.1, 0.15) is 11.5 Å². The molecule has 0 unspecified atom stereocenters. The van der Waals surface area contributed by atoms with E-state index in [0.717, 1.165) is 17.4 Å². The van der Waals surface area contributed by atoms with Gasteiger partial charge in [0, 0.05) is 11.6 Å². The summed E-state index contributed by atoms with van der Waals surface area (Å²) < 4.78 is 10.4. The van der Waals surface area contributed by atoms with Crippen LogP contribution in [-0.4, -0.2) is 20.5 Å². The molecule has 0 atom stereocenters. The van der Waals surface area contributed by atoms with Gasteiger partial charge in [-0.3, -0.25) is 4.79 Å². The fraction of sp³-hybridized carbons (Fsp3) is 0.133. The van der Waals surface area contributed by atoms with Crippen LogP contribution in [0, 0.1) is 0 Å². The molecule has 0 radical (unpaired) electrons. The maximum Gasteiger partial charge on any atom is 0.151 e. The van der Waals surface area contributed by atoms with Gasteiger partial charge in [-0.05, 0) is 35.4 Å². The second kappa shape index (κ2) is 5.76. The molecule has 2 aromatic carbocycles. The Morgan fingerprint density at radius 3 is 2.11 bits per heavy atom. The lowest BCUT2D eigenvalue weighted by Crippen LogP contribution is -1.90. The molecule has 0 spiro atoms. The van der Waals surface area contributed by atoms with E-state index in [2.05, 4.69) is 0 Å². The van der Waals surface area contributed by atoms with Gasteiger partial charge < -0.3 is 9.47 Å². The highest BCUT2D eigenvalue weighted by atomic mass is 35.5. The lowest BCUT2D eigenvalue weighted by Gasteiger charge is -2.09. The SMILES string of the molecule is COc1cc(OC)cc(-c2ccc(Cl)c(C=O)c2)c1. The van der Waals surface area contributed by atoms with Gasteiger partial charge in [-0.1, -0.05) is 17.7 Å². The topological polar surface area (TPSA) is 35.5 Å². The van der Waals surface area contributed by atoms with E-state index in [1.807, 2.05) is 18.2 Å². The van der Waals surface area contributed by atoms with Gasteiger partial charge >= 0.3 is 0 Å². The highest BCUT2D eigenvalue weighted by Gasteiger charge is 2.07. The summed E-state index contributed by atoms with van der Waals surface area (Å²) in [4.78, 5) is 10.9. The third-order valence-corrected chi connectivity index (χ3v) is 3.15. The number of hydrogen-bond donors (Lipinski definition) is 0. The first kappa shape index (κ1) is 13.4. The normalized spacial score (nSPS) is 10.1. The maximum atomic E-state index is 10.9. The molecule has 2 aromatic rings. The first-order chi connectivity index (χ1) is 9.17. The molecule has 0 aliphatic rings. The van der Waals surface area contributed by atoms with E-state index >= 15 is 0 Å². The van der Waals surface area contributed by atoms with Gasteiger partial charge in [0.15, 0.2) is 6.29 Å². The molecule has 2 rings (SSSR count). The van der Waals surface area contributed by atoms with E-state index in [1.54, 1.807) is 32.4 Å². The van der Waals surface area contributed by atoms with E-state index < -0.39 is 0 Å². The molecule has 0 aromatic heterocycles. The Balaban J connectivity index is 2.54. The first-order valence-corrected chi connectivity index (χ1v) is 6.04. The number of carbonyl (C=O) groups is 1. The Kier molecular flexibility index (Phi) is 4.07. The van der Waals surface area contributed by atoms with Gasteiger partial charge in [-0.25, -0.2) is 0 Å². The molecule has 0 saturated heterocycles. The van der Waals surface area contributed by atoms with Crippen LogP contribution in [0.4, 0.5) is 0 Å². The molecular formula is C15H13ClO3. The van der Waals surface area contributed by atoms with Crippen LogP contribution in [-0.2, 0) is 0 Å². The number of carbonyl (C=O) groups excluding carboxylic acids is 1. The molecule has 19 heavy (non-hydrogen) atoms. The van der Waals surface area contributed by atoms with Crippen molar-refractivity contribution in [2.45, 2.75) is 0 Å². The lowest BCUT2D eigenvalue weighted by atomic mass is 10.0. The first-order valence-electron chi connectivity index (χ1n) is 5.66. The number of ether oxygens (including phenoxy) is 2. The van der Waals surface area contributed by atoms with Crippen molar-refractivity contribution in [2.75, 3.05) is 14.2 Å². The fourth-order valence-corrected chi connectivity index (χ4v) is 1.95. The Bertz CT molecular complexity index is 586. The van der Waals surface area contributed by atoms with Crippen molar-refractivity contribution in [3.8, 4) is 22.6 Å². The van der Waals surface area contributed by atoms with Gasteiger partial charge in [0.2, 0.25) is 0 Å². The molecule has 98 valence electrons. The standard InChI is InChI=1S/C15H13ClO3/c1-18-13-6-11(7-14(8-13)19-2)10-3-4-15(16)12(5-10)9-17/h3-9H,1-2H3. The predicted octanol–water partition coefficient (Wildman–Crippen LogP) is 3.84. The molecule has 4 heteroatoms. The summed E-state index contributed by atoms with van der Waals surface area (Å²) in [5.74, 6) is 1.38. The van der Waals surface area contributed by atoms with Gasteiger partial charge in [0.05, 0.1) is 19.2 Å². The third-order valence-electron chi connectivity index (χ3n) is 2.81. The van der Waals surface area contributed by atoms with Gasteiger partial charge in [-0.15, -0.1) is 0 Å². The van der Waals surface area contributed by atoms with Crippen LogP contribution < -0.4 is 9.47 Å². The molecular weight excluding hydrogens is 264 g/mol. The number of hydrogen-bond acceptors (Lipinski definition) is 3. The predicted molar refractivity (Wildman–Crippen MR) is 75.4 cm³/mol. The molecule has 0 saturated carbocycles. The van der Waals surface area contributed by atoms with E-state index in [-0.39, 0.29) is 0 Å². The number of methoxy groups -OCH3 is 2. The van der Waals surface area contributed by atoms with Crippen molar-refractivity contribution in [3.63, 3.8) is 0 Å². The largest absolute Gasteiger partial charge is 0.497 e. The van der Waals surface area contributed by atoms with E-state index in [4.69, 9.17) is 21.1 Å². The van der Waals surface area contributed by atoms with Gasteiger partial charge in [0.25, 0.3) is 0 Å². The molecule has 0 aliphatic carbocycles. The summed E-state index contributed by atoms with van der Waals surface area (Å²) in [6, 6.07) is 10.8. The Morgan fingerprint density at radius 2 is 1.58 bits per heavy atom. The molecule has 0 bridgehead atoms. The highest BCUT2D eigenvalue weighted by Crippen LogP contribution is 2.31. The minimum Gasteiger partial charge on any atom is -0.497 e. The monoisotopic (exact) mass is 276 g/mol. The number of halogens is 1. The van der Waals surface area contributed by atoms with Crippen LogP contribution in [0.1, 0.15) is 10.4 Å². The average Bonchev–Trinajstić information content (AvgIpc) is 2.47. The van der Waals surface area contributed by atoms with E-state index in [1.165, 1.54) is 0 Å². The highest BCUT2D eigenvalue weighted by molar-refractivity contribution is 6.33. The molecule has 0 N–H and O–H groups in total. The summed E-state index contributed by atoms with van der Waals surface area (Å²) in [6.45, 7) is 0. The summed E-state index contributed by atoms with van der Waals surface area (Å²) in [7, 11) is 3.19. The Morgan fingerprint density at radius 1 is 0.947 bits per heavy atom. The molecule has 0 heterocycles. The second-order valence-corrected chi connectivity index (χ2v) is 4.36. The van der Waals surface area contributed by atoms with E-state index in [0.29, 0.717) is 22.1 Å². The Hall–Kier alpha value is -2.00. The zero-order valence-electron chi connectivity index (χ0n) is 10.6. The van der Waals surface area contributed by atoms with Crippen molar-refractivity contribution in [1.82, 2.24) is 0 Å². The lowest BCUT2D eigenvalue weighted by molar-refractivity contribution is 0.112. The average molecular weight is 277 g/mol. The summed E-state index contributed by atoms with van der Waals surface area (Å²) in [5, 5.41) is 0.439. The molecule has 0 aliphatic heterocycles. The Labute approximate surface area is 116 Å². The molecule has 0 fully saturated rings. The maximum absolute atomic E-state index is 10.9. The number of benzene rings is 2.